The van der Waals surface area contributed by atoms with Crippen molar-refractivity contribution < 1.29 is 9.13 Å². The molecule has 19 heavy (non-hydrogen) atoms. The Kier molecular flexibility index (Phi) is 3.13. The zero-order chi connectivity index (χ0) is 13.2. The van der Waals surface area contributed by atoms with Crippen molar-refractivity contribution in [3.8, 4) is 5.75 Å². The summed E-state index contributed by atoms with van der Waals surface area (Å²) in [4.78, 5) is 3.18. The maximum atomic E-state index is 13.1. The molecule has 0 aliphatic carbocycles. The Balaban J connectivity index is 1.80. The highest BCUT2D eigenvalue weighted by Crippen LogP contribution is 2.24. The molecule has 1 aromatic heterocycles. The average molecular weight is 276 g/mol. The molecule has 2 nitrogen and oxygen atoms in total. The molecule has 0 fully saturated rings. The minimum atomic E-state index is -0.245. The van der Waals surface area contributed by atoms with Crippen molar-refractivity contribution in [3.05, 3.63) is 65.1 Å². The normalized spacial score (nSPS) is 10.8. The van der Waals surface area contributed by atoms with Crippen LogP contribution in [0.2, 0.25) is 5.02 Å². The highest BCUT2D eigenvalue weighted by atomic mass is 35.5. The fourth-order valence-electron chi connectivity index (χ4n) is 1.96. The lowest BCUT2D eigenvalue weighted by Gasteiger charge is -2.05. The first-order chi connectivity index (χ1) is 9.22. The van der Waals surface area contributed by atoms with E-state index < -0.39 is 0 Å². The van der Waals surface area contributed by atoms with Crippen LogP contribution in [0.5, 0.6) is 5.75 Å². The maximum Gasteiger partial charge on any atom is 0.138 e. The molecule has 0 aliphatic rings. The van der Waals surface area contributed by atoms with Gasteiger partial charge in [0.2, 0.25) is 0 Å². The number of ether oxygens (including phenoxy) is 1. The van der Waals surface area contributed by atoms with Gasteiger partial charge in [0.1, 0.15) is 18.2 Å². The Morgan fingerprint density at radius 1 is 1.11 bits per heavy atom. The van der Waals surface area contributed by atoms with Crippen molar-refractivity contribution in [1.82, 2.24) is 4.98 Å². The molecule has 0 unspecified atom stereocenters. The number of halogens is 2. The molecule has 0 amide bonds. The largest absolute Gasteiger partial charge is 0.486 e. The molecule has 96 valence electrons. The predicted molar refractivity (Wildman–Crippen MR) is 74.0 cm³/mol. The summed E-state index contributed by atoms with van der Waals surface area (Å²) in [5, 5.41) is 1.41. The molecule has 1 heterocycles. The van der Waals surface area contributed by atoms with Crippen LogP contribution in [0, 0.1) is 5.82 Å². The molecule has 0 aliphatic heterocycles. The topological polar surface area (TPSA) is 25.0 Å². The molecule has 4 heteroatoms. The van der Waals surface area contributed by atoms with Gasteiger partial charge in [0.15, 0.2) is 0 Å². The van der Waals surface area contributed by atoms with Crippen LogP contribution in [0.15, 0.2) is 48.5 Å². The lowest BCUT2D eigenvalue weighted by atomic mass is 10.2. The standard InChI is InChI=1S/C15H11ClFNO/c16-13-3-1-2-4-15(13)19-9-12-8-10-7-11(17)5-6-14(10)18-12/h1-8,18H,9H2. The van der Waals surface area contributed by atoms with E-state index in [0.717, 1.165) is 16.6 Å². The van der Waals surface area contributed by atoms with Crippen LogP contribution in [0.3, 0.4) is 0 Å². The Labute approximate surface area is 114 Å². The van der Waals surface area contributed by atoms with Gasteiger partial charge in [0.05, 0.1) is 10.7 Å². The summed E-state index contributed by atoms with van der Waals surface area (Å²) in [5.41, 5.74) is 1.76. The first kappa shape index (κ1) is 12.1. The summed E-state index contributed by atoms with van der Waals surface area (Å²) in [6.07, 6.45) is 0. The van der Waals surface area contributed by atoms with Gasteiger partial charge < -0.3 is 9.72 Å². The quantitative estimate of drug-likeness (QED) is 0.746. The van der Waals surface area contributed by atoms with E-state index in [-0.39, 0.29) is 5.82 Å². The van der Waals surface area contributed by atoms with E-state index in [4.69, 9.17) is 16.3 Å². The van der Waals surface area contributed by atoms with Crippen LogP contribution in [0.1, 0.15) is 5.69 Å². The number of hydrogen-bond donors (Lipinski definition) is 1. The van der Waals surface area contributed by atoms with Crippen molar-refractivity contribution >= 4 is 22.5 Å². The van der Waals surface area contributed by atoms with Crippen molar-refractivity contribution in [2.45, 2.75) is 6.61 Å². The molecule has 0 saturated heterocycles. The molecule has 0 atom stereocenters. The number of benzene rings is 2. The Hall–Kier alpha value is -2.00. The van der Waals surface area contributed by atoms with E-state index in [2.05, 4.69) is 4.98 Å². The number of rotatable bonds is 3. The van der Waals surface area contributed by atoms with E-state index in [1.54, 1.807) is 12.1 Å². The molecular formula is C15H11ClFNO. The number of aromatic nitrogens is 1. The summed E-state index contributed by atoms with van der Waals surface area (Å²) >= 11 is 6.01. The first-order valence-electron chi connectivity index (χ1n) is 5.87. The van der Waals surface area contributed by atoms with Crippen molar-refractivity contribution in [2.75, 3.05) is 0 Å². The summed E-state index contributed by atoms with van der Waals surface area (Å²) in [5.74, 6) is 0.388. The lowest BCUT2D eigenvalue weighted by Crippen LogP contribution is -1.95. The summed E-state index contributed by atoms with van der Waals surface area (Å²) in [6, 6.07) is 13.8. The van der Waals surface area contributed by atoms with Crippen LogP contribution in [-0.4, -0.2) is 4.98 Å². The zero-order valence-corrected chi connectivity index (χ0v) is 10.7. The van der Waals surface area contributed by atoms with E-state index in [0.29, 0.717) is 17.4 Å². The number of hydrogen-bond acceptors (Lipinski definition) is 1. The van der Waals surface area contributed by atoms with Crippen LogP contribution in [0.4, 0.5) is 4.39 Å². The molecular weight excluding hydrogens is 265 g/mol. The van der Waals surface area contributed by atoms with Crippen LogP contribution >= 0.6 is 11.6 Å². The SMILES string of the molecule is Fc1ccc2[nH]c(COc3ccccc3Cl)cc2c1. The fraction of sp³-hybridized carbons (Fsp3) is 0.0667. The number of fused-ring (bicyclic) bond motifs is 1. The molecule has 0 spiro atoms. The molecule has 0 bridgehead atoms. The predicted octanol–water partition coefficient (Wildman–Crippen LogP) is 4.54. The van der Waals surface area contributed by atoms with E-state index in [1.807, 2.05) is 24.3 Å². The third kappa shape index (κ3) is 2.56. The van der Waals surface area contributed by atoms with Crippen molar-refractivity contribution in [2.24, 2.45) is 0 Å². The van der Waals surface area contributed by atoms with Gasteiger partial charge in [0.25, 0.3) is 0 Å². The second kappa shape index (κ2) is 4.94. The maximum absolute atomic E-state index is 13.1. The Bertz CT molecular complexity index is 723. The molecule has 3 aromatic rings. The van der Waals surface area contributed by atoms with Gasteiger partial charge >= 0.3 is 0 Å². The number of nitrogens with one attached hydrogen (secondary N) is 1. The minimum absolute atomic E-state index is 0.245. The molecule has 2 aromatic carbocycles. The van der Waals surface area contributed by atoms with Gasteiger partial charge in [-0.1, -0.05) is 23.7 Å². The highest BCUT2D eigenvalue weighted by Gasteiger charge is 2.04. The summed E-state index contributed by atoms with van der Waals surface area (Å²) in [7, 11) is 0. The second-order valence-electron chi connectivity index (χ2n) is 4.25. The fourth-order valence-corrected chi connectivity index (χ4v) is 2.15. The van der Waals surface area contributed by atoms with Gasteiger partial charge in [-0.3, -0.25) is 0 Å². The third-order valence-electron chi connectivity index (χ3n) is 2.86. The van der Waals surface area contributed by atoms with Crippen molar-refractivity contribution in [1.29, 1.82) is 0 Å². The number of H-pyrrole nitrogens is 1. The third-order valence-corrected chi connectivity index (χ3v) is 3.17. The molecule has 0 radical (unpaired) electrons. The first-order valence-corrected chi connectivity index (χ1v) is 6.25. The monoisotopic (exact) mass is 275 g/mol. The van der Waals surface area contributed by atoms with Crippen molar-refractivity contribution in [3.63, 3.8) is 0 Å². The second-order valence-corrected chi connectivity index (χ2v) is 4.65. The van der Waals surface area contributed by atoms with Gasteiger partial charge in [0, 0.05) is 10.9 Å². The minimum Gasteiger partial charge on any atom is -0.486 e. The molecule has 0 saturated carbocycles. The lowest BCUT2D eigenvalue weighted by molar-refractivity contribution is 0.302. The zero-order valence-electron chi connectivity index (χ0n) is 9.99. The van der Waals surface area contributed by atoms with E-state index in [9.17, 15) is 4.39 Å². The van der Waals surface area contributed by atoms with Crippen LogP contribution < -0.4 is 4.74 Å². The van der Waals surface area contributed by atoms with Gasteiger partial charge in [-0.05, 0) is 36.4 Å². The van der Waals surface area contributed by atoms with Gasteiger partial charge in [-0.2, -0.15) is 0 Å². The summed E-state index contributed by atoms with van der Waals surface area (Å²) < 4.78 is 18.7. The molecule has 3 rings (SSSR count). The molecule has 1 N–H and O–H groups in total. The Morgan fingerprint density at radius 3 is 2.79 bits per heavy atom. The highest BCUT2D eigenvalue weighted by molar-refractivity contribution is 6.32. The van der Waals surface area contributed by atoms with Gasteiger partial charge in [-0.25, -0.2) is 4.39 Å². The summed E-state index contributed by atoms with van der Waals surface area (Å²) in [6.45, 7) is 0.361. The Morgan fingerprint density at radius 2 is 1.95 bits per heavy atom. The number of para-hydroxylation sites is 1. The smallest absolute Gasteiger partial charge is 0.138 e. The van der Waals surface area contributed by atoms with E-state index >= 15 is 0 Å². The number of aromatic amines is 1. The van der Waals surface area contributed by atoms with Crippen LogP contribution in [-0.2, 0) is 6.61 Å². The van der Waals surface area contributed by atoms with Gasteiger partial charge in [-0.15, -0.1) is 0 Å². The van der Waals surface area contributed by atoms with Crippen LogP contribution in [0.25, 0.3) is 10.9 Å². The van der Waals surface area contributed by atoms with E-state index in [1.165, 1.54) is 12.1 Å². The average Bonchev–Trinajstić information content (AvgIpc) is 2.79.